The van der Waals surface area contributed by atoms with Crippen LogP contribution in [-0.4, -0.2) is 18.0 Å². The molecule has 2 aromatic rings. The standard InChI is InChI=1S/C19H18N2O3/c1-12-4-5-13(2)17(10-12)19(23)24-14(3)18(22)21-16-8-6-15(11-20)7-9-16/h4-10,14H,1-3H3,(H,21,22)/t14-/m0/s1. The molecule has 0 bridgehead atoms. The summed E-state index contributed by atoms with van der Waals surface area (Å²) in [6, 6.07) is 13.9. The topological polar surface area (TPSA) is 79.2 Å². The smallest absolute Gasteiger partial charge is 0.339 e. The Kier molecular flexibility index (Phi) is 5.33. The maximum Gasteiger partial charge on any atom is 0.339 e. The van der Waals surface area contributed by atoms with Crippen LogP contribution in [0.25, 0.3) is 0 Å². The average molecular weight is 322 g/mol. The number of amides is 1. The number of esters is 1. The molecule has 0 aromatic heterocycles. The number of hydrogen-bond acceptors (Lipinski definition) is 4. The first-order chi connectivity index (χ1) is 11.4. The van der Waals surface area contributed by atoms with E-state index in [-0.39, 0.29) is 0 Å². The van der Waals surface area contributed by atoms with E-state index in [1.165, 1.54) is 6.92 Å². The molecule has 0 aliphatic carbocycles. The summed E-state index contributed by atoms with van der Waals surface area (Å²) in [6.45, 7) is 5.22. The molecular weight excluding hydrogens is 304 g/mol. The van der Waals surface area contributed by atoms with Crippen molar-refractivity contribution in [2.45, 2.75) is 26.9 Å². The highest BCUT2D eigenvalue weighted by Gasteiger charge is 2.20. The third-order valence-corrected chi connectivity index (χ3v) is 3.55. The van der Waals surface area contributed by atoms with Crippen LogP contribution in [0, 0.1) is 25.2 Å². The molecule has 0 radical (unpaired) electrons. The van der Waals surface area contributed by atoms with Crippen molar-refractivity contribution in [1.29, 1.82) is 5.26 Å². The van der Waals surface area contributed by atoms with Gasteiger partial charge in [0.25, 0.3) is 5.91 Å². The van der Waals surface area contributed by atoms with Crippen LogP contribution in [0.15, 0.2) is 42.5 Å². The number of nitriles is 1. The zero-order chi connectivity index (χ0) is 17.7. The number of hydrogen-bond donors (Lipinski definition) is 1. The summed E-state index contributed by atoms with van der Waals surface area (Å²) in [5, 5.41) is 11.4. The lowest BCUT2D eigenvalue weighted by Gasteiger charge is -2.14. The third-order valence-electron chi connectivity index (χ3n) is 3.55. The second-order valence-electron chi connectivity index (χ2n) is 5.54. The zero-order valence-electron chi connectivity index (χ0n) is 13.8. The van der Waals surface area contributed by atoms with Crippen LogP contribution in [0.2, 0.25) is 0 Å². The van der Waals surface area contributed by atoms with Crippen LogP contribution >= 0.6 is 0 Å². The zero-order valence-corrected chi connectivity index (χ0v) is 13.8. The minimum absolute atomic E-state index is 0.432. The molecule has 0 heterocycles. The van der Waals surface area contributed by atoms with Crippen LogP contribution in [0.3, 0.4) is 0 Å². The fourth-order valence-electron chi connectivity index (χ4n) is 2.11. The van der Waals surface area contributed by atoms with Gasteiger partial charge in [-0.1, -0.05) is 17.7 Å². The van der Waals surface area contributed by atoms with Crippen molar-refractivity contribution in [1.82, 2.24) is 0 Å². The Bertz CT molecular complexity index is 804. The van der Waals surface area contributed by atoms with Crippen molar-refractivity contribution >= 4 is 17.6 Å². The van der Waals surface area contributed by atoms with Crippen LogP contribution in [0.1, 0.15) is 34.0 Å². The predicted molar refractivity (Wildman–Crippen MR) is 90.6 cm³/mol. The maximum atomic E-state index is 12.2. The van der Waals surface area contributed by atoms with Crippen LogP contribution in [0.4, 0.5) is 5.69 Å². The van der Waals surface area contributed by atoms with Crippen LogP contribution in [-0.2, 0) is 9.53 Å². The lowest BCUT2D eigenvalue weighted by molar-refractivity contribution is -0.123. The summed E-state index contributed by atoms with van der Waals surface area (Å²) in [5.74, 6) is -0.961. The molecule has 0 saturated heterocycles. The van der Waals surface area contributed by atoms with Gasteiger partial charge in [0.05, 0.1) is 17.2 Å². The number of anilines is 1. The first-order valence-corrected chi connectivity index (χ1v) is 7.50. The number of carbonyl (C=O) groups excluding carboxylic acids is 2. The van der Waals surface area contributed by atoms with Gasteiger partial charge in [-0.15, -0.1) is 0 Å². The van der Waals surface area contributed by atoms with Crippen molar-refractivity contribution in [2.75, 3.05) is 5.32 Å². The molecule has 5 nitrogen and oxygen atoms in total. The van der Waals surface area contributed by atoms with Crippen molar-refractivity contribution in [3.63, 3.8) is 0 Å². The van der Waals surface area contributed by atoms with E-state index in [1.54, 1.807) is 30.3 Å². The summed E-state index contributed by atoms with van der Waals surface area (Å²) in [6.07, 6.45) is -0.937. The van der Waals surface area contributed by atoms with Gasteiger partial charge in [0.1, 0.15) is 0 Å². The van der Waals surface area contributed by atoms with Crippen molar-refractivity contribution < 1.29 is 14.3 Å². The van der Waals surface area contributed by atoms with E-state index in [4.69, 9.17) is 10.00 Å². The molecule has 1 amide bonds. The fraction of sp³-hybridized carbons (Fsp3) is 0.211. The SMILES string of the molecule is Cc1ccc(C)c(C(=O)O[C@@H](C)C(=O)Nc2ccc(C#N)cc2)c1. The Hall–Kier alpha value is -3.13. The molecule has 0 aliphatic rings. The Morgan fingerprint density at radius 3 is 2.42 bits per heavy atom. The van der Waals surface area contributed by atoms with E-state index < -0.39 is 18.0 Å². The van der Waals surface area contributed by atoms with E-state index in [9.17, 15) is 9.59 Å². The van der Waals surface area contributed by atoms with Gasteiger partial charge >= 0.3 is 5.97 Å². The summed E-state index contributed by atoms with van der Waals surface area (Å²) in [7, 11) is 0. The highest BCUT2D eigenvalue weighted by molar-refractivity contribution is 5.97. The van der Waals surface area contributed by atoms with Gasteiger partial charge in [-0.2, -0.15) is 5.26 Å². The van der Waals surface area contributed by atoms with E-state index in [2.05, 4.69) is 5.32 Å². The third kappa shape index (κ3) is 4.20. The normalized spacial score (nSPS) is 11.2. The Morgan fingerprint density at radius 1 is 1.12 bits per heavy atom. The molecule has 0 fully saturated rings. The van der Waals surface area contributed by atoms with Crippen LogP contribution < -0.4 is 5.32 Å². The second kappa shape index (κ2) is 7.42. The number of carbonyl (C=O) groups is 2. The lowest BCUT2D eigenvalue weighted by Crippen LogP contribution is -2.30. The number of benzene rings is 2. The molecule has 0 unspecified atom stereocenters. The van der Waals surface area contributed by atoms with Gasteiger partial charge in [-0.05, 0) is 56.7 Å². The molecule has 0 spiro atoms. The molecule has 2 rings (SSSR count). The quantitative estimate of drug-likeness (QED) is 0.875. The maximum absolute atomic E-state index is 12.2. The second-order valence-corrected chi connectivity index (χ2v) is 5.54. The van der Waals surface area contributed by atoms with E-state index in [0.29, 0.717) is 16.8 Å². The molecular formula is C19H18N2O3. The summed E-state index contributed by atoms with van der Waals surface area (Å²) >= 11 is 0. The first-order valence-electron chi connectivity index (χ1n) is 7.50. The largest absolute Gasteiger partial charge is 0.449 e. The molecule has 24 heavy (non-hydrogen) atoms. The summed E-state index contributed by atoms with van der Waals surface area (Å²) in [5.41, 5.74) is 3.23. The lowest BCUT2D eigenvalue weighted by atomic mass is 10.1. The highest BCUT2D eigenvalue weighted by Crippen LogP contribution is 2.14. The molecule has 0 aliphatic heterocycles. The van der Waals surface area contributed by atoms with Gasteiger partial charge in [-0.3, -0.25) is 4.79 Å². The number of nitrogens with zero attached hydrogens (tertiary/aromatic N) is 1. The highest BCUT2D eigenvalue weighted by atomic mass is 16.5. The van der Waals surface area contributed by atoms with E-state index in [1.807, 2.05) is 32.0 Å². The van der Waals surface area contributed by atoms with Gasteiger partial charge < -0.3 is 10.1 Å². The monoisotopic (exact) mass is 322 g/mol. The summed E-state index contributed by atoms with van der Waals surface area (Å²) in [4.78, 5) is 24.4. The number of nitrogens with one attached hydrogen (secondary N) is 1. The first kappa shape index (κ1) is 17.2. The molecule has 0 saturated carbocycles. The van der Waals surface area contributed by atoms with Gasteiger partial charge in [0.15, 0.2) is 6.10 Å². The Balaban J connectivity index is 2.01. The summed E-state index contributed by atoms with van der Waals surface area (Å²) < 4.78 is 5.25. The molecule has 122 valence electrons. The number of rotatable bonds is 4. The minimum atomic E-state index is -0.937. The number of aryl methyl sites for hydroxylation is 2. The van der Waals surface area contributed by atoms with E-state index in [0.717, 1.165) is 11.1 Å². The van der Waals surface area contributed by atoms with Gasteiger partial charge in [0.2, 0.25) is 0 Å². The molecule has 1 N–H and O–H groups in total. The van der Waals surface area contributed by atoms with Crippen molar-refractivity contribution in [3.05, 3.63) is 64.7 Å². The predicted octanol–water partition coefficient (Wildman–Crippen LogP) is 3.36. The fourth-order valence-corrected chi connectivity index (χ4v) is 2.11. The average Bonchev–Trinajstić information content (AvgIpc) is 2.57. The molecule has 2 aromatic carbocycles. The van der Waals surface area contributed by atoms with E-state index >= 15 is 0 Å². The van der Waals surface area contributed by atoms with Gasteiger partial charge in [0, 0.05) is 5.69 Å². The Morgan fingerprint density at radius 2 is 1.79 bits per heavy atom. The van der Waals surface area contributed by atoms with Crippen molar-refractivity contribution in [2.24, 2.45) is 0 Å². The number of ether oxygens (including phenoxy) is 1. The molecule has 1 atom stereocenters. The van der Waals surface area contributed by atoms with Gasteiger partial charge in [-0.25, -0.2) is 4.79 Å². The molecule has 5 heteroatoms. The van der Waals surface area contributed by atoms with Crippen LogP contribution in [0.5, 0.6) is 0 Å². The minimum Gasteiger partial charge on any atom is -0.449 e. The Labute approximate surface area is 140 Å². The van der Waals surface area contributed by atoms with Crippen molar-refractivity contribution in [3.8, 4) is 6.07 Å².